The summed E-state index contributed by atoms with van der Waals surface area (Å²) in [6, 6.07) is 0. The molecule has 0 amide bonds. The molecule has 0 unspecified atom stereocenters. The smallest absolute Gasteiger partial charge is 0.144 e. The van der Waals surface area contributed by atoms with E-state index in [1.807, 2.05) is 6.92 Å². The zero-order valence-electron chi connectivity index (χ0n) is 6.93. The number of carbonyl (C=O) groups is 1. The number of hydrogen-bond acceptors (Lipinski definition) is 2. The maximum Gasteiger partial charge on any atom is 0.144 e. The van der Waals surface area contributed by atoms with E-state index in [2.05, 4.69) is 0 Å². The van der Waals surface area contributed by atoms with Gasteiger partial charge in [0.1, 0.15) is 5.78 Å². The highest BCUT2D eigenvalue weighted by molar-refractivity contribution is 5.93. The van der Waals surface area contributed by atoms with Crippen LogP contribution in [0.4, 0.5) is 0 Å². The van der Waals surface area contributed by atoms with Crippen LogP contribution < -0.4 is 0 Å². The topological polar surface area (TPSA) is 26.3 Å². The van der Waals surface area contributed by atoms with Crippen LogP contribution in [0.25, 0.3) is 0 Å². The lowest BCUT2D eigenvalue weighted by atomic mass is 9.53. The Kier molecular flexibility index (Phi) is 1.53. The molecule has 0 aliphatic heterocycles. The Morgan fingerprint density at radius 3 is 2.73 bits per heavy atom. The largest absolute Gasteiger partial charge is 0.377 e. The van der Waals surface area contributed by atoms with Crippen molar-refractivity contribution in [2.45, 2.75) is 38.7 Å². The Morgan fingerprint density at radius 2 is 2.36 bits per heavy atom. The maximum atomic E-state index is 11.2. The number of hydrogen-bond donors (Lipinski definition) is 0. The normalized spacial score (nSPS) is 33.2. The zero-order chi connectivity index (χ0) is 7.90. The van der Waals surface area contributed by atoms with Gasteiger partial charge >= 0.3 is 0 Å². The van der Waals surface area contributed by atoms with Gasteiger partial charge in [0, 0.05) is 13.0 Å². The van der Waals surface area contributed by atoms with Crippen LogP contribution in [-0.2, 0) is 9.53 Å². The van der Waals surface area contributed by atoms with Crippen molar-refractivity contribution in [1.82, 2.24) is 0 Å². The third-order valence-electron chi connectivity index (χ3n) is 3.16. The molecule has 0 radical (unpaired) electrons. The van der Waals surface area contributed by atoms with E-state index in [9.17, 15) is 4.79 Å². The molecule has 0 bridgehead atoms. The summed E-state index contributed by atoms with van der Waals surface area (Å²) in [5.74, 6) is 0.446. The molecule has 2 rings (SSSR count). The number of ketones is 1. The molecule has 2 nitrogen and oxygen atoms in total. The predicted octanol–water partition coefficient (Wildman–Crippen LogP) is 1.53. The summed E-state index contributed by atoms with van der Waals surface area (Å²) >= 11 is 0. The Bertz CT molecular complexity index is 182. The quantitative estimate of drug-likeness (QED) is 0.603. The lowest BCUT2D eigenvalue weighted by molar-refractivity contribution is -0.176. The minimum atomic E-state index is 0.00993. The van der Waals surface area contributed by atoms with E-state index < -0.39 is 0 Å². The number of ether oxygens (including phenoxy) is 1. The van der Waals surface area contributed by atoms with Gasteiger partial charge in [0.2, 0.25) is 0 Å². The summed E-state index contributed by atoms with van der Waals surface area (Å²) in [6.45, 7) is 2.74. The van der Waals surface area contributed by atoms with Crippen LogP contribution in [0.1, 0.15) is 32.6 Å². The van der Waals surface area contributed by atoms with Crippen LogP contribution in [-0.4, -0.2) is 18.5 Å². The van der Waals surface area contributed by atoms with Crippen molar-refractivity contribution in [3.63, 3.8) is 0 Å². The molecule has 1 atom stereocenters. The molecule has 2 aliphatic rings. The monoisotopic (exact) mass is 154 g/mol. The second-order valence-electron chi connectivity index (χ2n) is 3.58. The molecule has 2 heteroatoms. The molecule has 0 aromatic rings. The van der Waals surface area contributed by atoms with Crippen molar-refractivity contribution in [2.24, 2.45) is 5.41 Å². The second-order valence-corrected chi connectivity index (χ2v) is 3.58. The molecular weight excluding hydrogens is 140 g/mol. The van der Waals surface area contributed by atoms with Gasteiger partial charge in [-0.25, -0.2) is 0 Å². The zero-order valence-corrected chi connectivity index (χ0v) is 6.93. The summed E-state index contributed by atoms with van der Waals surface area (Å²) in [5, 5.41) is 0. The fourth-order valence-electron chi connectivity index (χ4n) is 2.19. The first kappa shape index (κ1) is 7.29. The van der Waals surface area contributed by atoms with E-state index in [1.165, 1.54) is 6.42 Å². The highest BCUT2D eigenvalue weighted by Gasteiger charge is 2.58. The average molecular weight is 154 g/mol. The molecule has 62 valence electrons. The Labute approximate surface area is 66.9 Å². The van der Waals surface area contributed by atoms with E-state index in [0.717, 1.165) is 19.4 Å². The lowest BCUT2D eigenvalue weighted by Gasteiger charge is -2.53. The van der Waals surface area contributed by atoms with Gasteiger partial charge in [-0.05, 0) is 19.8 Å². The average Bonchev–Trinajstić information content (AvgIpc) is 1.83. The Morgan fingerprint density at radius 1 is 1.64 bits per heavy atom. The van der Waals surface area contributed by atoms with E-state index in [4.69, 9.17) is 4.74 Å². The van der Waals surface area contributed by atoms with Gasteiger partial charge in [-0.15, -0.1) is 0 Å². The van der Waals surface area contributed by atoms with Gasteiger partial charge in [-0.2, -0.15) is 0 Å². The van der Waals surface area contributed by atoms with Crippen LogP contribution in [0.3, 0.4) is 0 Å². The van der Waals surface area contributed by atoms with Crippen molar-refractivity contribution in [2.75, 3.05) is 6.61 Å². The SMILES string of the molecule is CCO[C@@H]1CC(=O)C12CCC2. The second kappa shape index (κ2) is 2.31. The summed E-state index contributed by atoms with van der Waals surface area (Å²) in [5.41, 5.74) is 0.00993. The van der Waals surface area contributed by atoms with Crippen molar-refractivity contribution >= 4 is 5.78 Å². The molecule has 1 spiro atoms. The molecule has 0 heterocycles. The maximum absolute atomic E-state index is 11.2. The number of carbonyl (C=O) groups excluding carboxylic acids is 1. The van der Waals surface area contributed by atoms with Crippen molar-refractivity contribution in [1.29, 1.82) is 0 Å². The van der Waals surface area contributed by atoms with Gasteiger partial charge in [-0.1, -0.05) is 6.42 Å². The fraction of sp³-hybridized carbons (Fsp3) is 0.889. The van der Waals surface area contributed by atoms with Gasteiger partial charge in [-0.3, -0.25) is 4.79 Å². The van der Waals surface area contributed by atoms with Gasteiger partial charge in [0.15, 0.2) is 0 Å². The van der Waals surface area contributed by atoms with Crippen LogP contribution >= 0.6 is 0 Å². The van der Waals surface area contributed by atoms with Gasteiger partial charge < -0.3 is 4.74 Å². The number of Topliss-reactive ketones (excluding diaryl/α,β-unsaturated/α-hetero) is 1. The molecule has 2 aliphatic carbocycles. The summed E-state index contributed by atoms with van der Waals surface area (Å²) in [6.07, 6.45) is 4.32. The fourth-order valence-corrected chi connectivity index (χ4v) is 2.19. The molecule has 0 aromatic carbocycles. The van der Waals surface area contributed by atoms with Crippen molar-refractivity contribution in [3.8, 4) is 0 Å². The minimum Gasteiger partial charge on any atom is -0.377 e. The van der Waals surface area contributed by atoms with E-state index >= 15 is 0 Å². The first-order valence-corrected chi connectivity index (χ1v) is 4.44. The molecule has 0 aromatic heterocycles. The number of rotatable bonds is 2. The van der Waals surface area contributed by atoms with E-state index in [0.29, 0.717) is 12.2 Å². The third kappa shape index (κ3) is 0.791. The van der Waals surface area contributed by atoms with Crippen LogP contribution in [0.15, 0.2) is 0 Å². The molecular formula is C9H14O2. The first-order valence-electron chi connectivity index (χ1n) is 4.44. The molecule has 2 saturated carbocycles. The molecule has 11 heavy (non-hydrogen) atoms. The van der Waals surface area contributed by atoms with Crippen molar-refractivity contribution < 1.29 is 9.53 Å². The van der Waals surface area contributed by atoms with Crippen molar-refractivity contribution in [3.05, 3.63) is 0 Å². The summed E-state index contributed by atoms with van der Waals surface area (Å²) < 4.78 is 5.49. The standard InChI is InChI=1S/C9H14O2/c1-2-11-8-6-7(10)9(8)4-3-5-9/h8H,2-6H2,1H3/t8-/m1/s1. The highest BCUT2D eigenvalue weighted by Crippen LogP contribution is 2.54. The lowest BCUT2D eigenvalue weighted by Crippen LogP contribution is -2.59. The summed E-state index contributed by atoms with van der Waals surface area (Å²) in [7, 11) is 0. The Hall–Kier alpha value is -0.370. The molecule has 0 saturated heterocycles. The first-order chi connectivity index (χ1) is 5.29. The third-order valence-corrected chi connectivity index (χ3v) is 3.16. The minimum absolute atomic E-state index is 0.00993. The Balaban J connectivity index is 1.99. The van der Waals surface area contributed by atoms with Gasteiger partial charge in [0.05, 0.1) is 11.5 Å². The highest BCUT2D eigenvalue weighted by atomic mass is 16.5. The summed E-state index contributed by atoms with van der Waals surface area (Å²) in [4.78, 5) is 11.2. The van der Waals surface area contributed by atoms with Gasteiger partial charge in [0.25, 0.3) is 0 Å². The van der Waals surface area contributed by atoms with E-state index in [1.54, 1.807) is 0 Å². The molecule has 0 N–H and O–H groups in total. The van der Waals surface area contributed by atoms with Crippen LogP contribution in [0.2, 0.25) is 0 Å². The molecule has 2 fully saturated rings. The van der Waals surface area contributed by atoms with E-state index in [-0.39, 0.29) is 11.5 Å². The van der Waals surface area contributed by atoms with Crippen LogP contribution in [0.5, 0.6) is 0 Å². The predicted molar refractivity (Wildman–Crippen MR) is 41.3 cm³/mol. The van der Waals surface area contributed by atoms with Crippen LogP contribution in [0, 0.1) is 5.41 Å².